The van der Waals surface area contributed by atoms with Crippen molar-refractivity contribution in [1.82, 2.24) is 10.3 Å². The number of aromatic nitrogens is 1. The largest absolute Gasteiger partial charge is 0.371 e. The molecule has 0 aliphatic carbocycles. The second kappa shape index (κ2) is 6.90. The predicted octanol–water partition coefficient (Wildman–Crippen LogP) is 3.21. The number of nitrogens with one attached hydrogen (secondary N) is 1. The fraction of sp³-hybridized carbons (Fsp3) is 0.688. The molecule has 1 aliphatic rings. The Morgan fingerprint density at radius 2 is 2.21 bits per heavy atom. The van der Waals surface area contributed by atoms with E-state index in [9.17, 15) is 0 Å². The molecule has 2 rings (SSSR count). The molecule has 2 heterocycles. The van der Waals surface area contributed by atoms with E-state index in [1.54, 1.807) is 0 Å². The maximum absolute atomic E-state index is 4.29. The lowest BCUT2D eigenvalue weighted by Gasteiger charge is -2.25. The smallest absolute Gasteiger partial charge is 0.0442 e. The molecule has 1 atom stereocenters. The summed E-state index contributed by atoms with van der Waals surface area (Å²) in [6.45, 7) is 10.0. The van der Waals surface area contributed by atoms with Gasteiger partial charge in [0.05, 0.1) is 0 Å². The Bertz CT molecular complexity index is 389. The normalized spacial score (nSPS) is 20.6. The standard InChI is InChI=1S/C16H27N3/c1-13(2)18-12-15-11-17-8-6-16(15)19-9-4-5-14(3)7-10-19/h6,8,11,13-14,18H,4-5,7,9-10,12H2,1-3H3. The summed E-state index contributed by atoms with van der Waals surface area (Å²) in [7, 11) is 0. The van der Waals surface area contributed by atoms with Gasteiger partial charge in [-0.1, -0.05) is 20.8 Å². The van der Waals surface area contributed by atoms with Gasteiger partial charge >= 0.3 is 0 Å². The lowest BCUT2D eigenvalue weighted by atomic mass is 10.0. The van der Waals surface area contributed by atoms with Crippen molar-refractivity contribution >= 4 is 5.69 Å². The molecule has 1 aromatic heterocycles. The number of hydrogen-bond donors (Lipinski definition) is 1. The quantitative estimate of drug-likeness (QED) is 0.902. The summed E-state index contributed by atoms with van der Waals surface area (Å²) in [5.41, 5.74) is 2.70. The summed E-state index contributed by atoms with van der Waals surface area (Å²) in [6.07, 6.45) is 7.91. The van der Waals surface area contributed by atoms with Crippen LogP contribution in [0.5, 0.6) is 0 Å². The van der Waals surface area contributed by atoms with Crippen molar-refractivity contribution in [2.45, 2.75) is 52.6 Å². The van der Waals surface area contributed by atoms with Crippen molar-refractivity contribution in [3.8, 4) is 0 Å². The monoisotopic (exact) mass is 261 g/mol. The highest BCUT2D eigenvalue weighted by molar-refractivity contribution is 5.52. The number of anilines is 1. The second-order valence-corrected chi connectivity index (χ2v) is 6.06. The molecular formula is C16H27N3. The van der Waals surface area contributed by atoms with Crippen molar-refractivity contribution in [2.75, 3.05) is 18.0 Å². The Kier molecular flexibility index (Phi) is 5.20. The topological polar surface area (TPSA) is 28.2 Å². The lowest BCUT2D eigenvalue weighted by molar-refractivity contribution is 0.521. The molecule has 1 unspecified atom stereocenters. The van der Waals surface area contributed by atoms with Crippen molar-refractivity contribution in [1.29, 1.82) is 0 Å². The number of nitrogens with zero attached hydrogens (tertiary/aromatic N) is 2. The fourth-order valence-electron chi connectivity index (χ4n) is 2.68. The fourth-order valence-corrected chi connectivity index (χ4v) is 2.68. The molecule has 1 saturated heterocycles. The van der Waals surface area contributed by atoms with Gasteiger partial charge in [0.25, 0.3) is 0 Å². The van der Waals surface area contributed by atoms with E-state index in [0.717, 1.165) is 12.5 Å². The van der Waals surface area contributed by atoms with Crippen LogP contribution < -0.4 is 10.2 Å². The average molecular weight is 261 g/mol. The molecule has 106 valence electrons. The molecule has 0 saturated carbocycles. The molecule has 0 spiro atoms. The zero-order valence-corrected chi connectivity index (χ0v) is 12.5. The predicted molar refractivity (Wildman–Crippen MR) is 81.4 cm³/mol. The summed E-state index contributed by atoms with van der Waals surface area (Å²) in [6, 6.07) is 2.69. The zero-order valence-electron chi connectivity index (χ0n) is 12.5. The van der Waals surface area contributed by atoms with E-state index in [4.69, 9.17) is 0 Å². The molecule has 0 bridgehead atoms. The second-order valence-electron chi connectivity index (χ2n) is 6.06. The van der Waals surface area contributed by atoms with E-state index in [1.807, 2.05) is 12.4 Å². The summed E-state index contributed by atoms with van der Waals surface area (Å²) >= 11 is 0. The van der Waals surface area contributed by atoms with Crippen LogP contribution in [0, 0.1) is 5.92 Å². The summed E-state index contributed by atoms with van der Waals surface area (Å²) < 4.78 is 0. The van der Waals surface area contributed by atoms with Crippen LogP contribution in [0.15, 0.2) is 18.5 Å². The third-order valence-corrected chi connectivity index (χ3v) is 3.94. The molecule has 1 aromatic rings. The summed E-state index contributed by atoms with van der Waals surface area (Å²) in [5.74, 6) is 0.865. The summed E-state index contributed by atoms with van der Waals surface area (Å²) in [5, 5.41) is 3.50. The van der Waals surface area contributed by atoms with Crippen molar-refractivity contribution < 1.29 is 0 Å². The molecule has 0 amide bonds. The van der Waals surface area contributed by atoms with Gasteiger partial charge in [-0.2, -0.15) is 0 Å². The Balaban J connectivity index is 2.09. The molecule has 3 nitrogen and oxygen atoms in total. The molecule has 0 aromatic carbocycles. The molecular weight excluding hydrogens is 234 g/mol. The minimum Gasteiger partial charge on any atom is -0.371 e. The number of hydrogen-bond acceptors (Lipinski definition) is 3. The van der Waals surface area contributed by atoms with Crippen molar-refractivity contribution in [3.63, 3.8) is 0 Å². The van der Waals surface area contributed by atoms with Gasteiger partial charge in [-0.25, -0.2) is 0 Å². The maximum atomic E-state index is 4.29. The van der Waals surface area contributed by atoms with Crippen LogP contribution in [-0.4, -0.2) is 24.1 Å². The van der Waals surface area contributed by atoms with Gasteiger partial charge in [0.2, 0.25) is 0 Å². The molecule has 0 radical (unpaired) electrons. The van der Waals surface area contributed by atoms with Crippen LogP contribution in [0.2, 0.25) is 0 Å². The van der Waals surface area contributed by atoms with Crippen LogP contribution in [0.25, 0.3) is 0 Å². The number of rotatable bonds is 4. The molecule has 1 fully saturated rings. The summed E-state index contributed by atoms with van der Waals surface area (Å²) in [4.78, 5) is 6.83. The highest BCUT2D eigenvalue weighted by Gasteiger charge is 2.16. The Hall–Kier alpha value is -1.09. The van der Waals surface area contributed by atoms with Gasteiger partial charge < -0.3 is 10.2 Å². The van der Waals surface area contributed by atoms with Crippen LogP contribution in [0.4, 0.5) is 5.69 Å². The highest BCUT2D eigenvalue weighted by Crippen LogP contribution is 2.25. The third kappa shape index (κ3) is 4.20. The minimum atomic E-state index is 0.511. The first-order valence-corrected chi connectivity index (χ1v) is 7.58. The van der Waals surface area contributed by atoms with Gasteiger partial charge in [-0.3, -0.25) is 4.98 Å². The molecule has 3 heteroatoms. The van der Waals surface area contributed by atoms with E-state index in [2.05, 4.69) is 42.0 Å². The average Bonchev–Trinajstić information content (AvgIpc) is 2.61. The SMILES string of the molecule is CC1CCCN(c2ccncc2CNC(C)C)CC1. The van der Waals surface area contributed by atoms with Crippen LogP contribution in [-0.2, 0) is 6.54 Å². The maximum Gasteiger partial charge on any atom is 0.0442 e. The third-order valence-electron chi connectivity index (χ3n) is 3.94. The van der Waals surface area contributed by atoms with E-state index in [1.165, 1.54) is 43.6 Å². The molecule has 1 N–H and O–H groups in total. The Morgan fingerprint density at radius 1 is 1.37 bits per heavy atom. The first-order valence-electron chi connectivity index (χ1n) is 7.58. The van der Waals surface area contributed by atoms with E-state index >= 15 is 0 Å². The van der Waals surface area contributed by atoms with Gasteiger partial charge in [0.15, 0.2) is 0 Å². The molecule has 1 aliphatic heterocycles. The lowest BCUT2D eigenvalue weighted by Crippen LogP contribution is -2.28. The van der Waals surface area contributed by atoms with E-state index < -0.39 is 0 Å². The molecule has 19 heavy (non-hydrogen) atoms. The van der Waals surface area contributed by atoms with Gasteiger partial charge in [0.1, 0.15) is 0 Å². The highest BCUT2D eigenvalue weighted by atomic mass is 15.1. The van der Waals surface area contributed by atoms with Gasteiger partial charge in [-0.05, 0) is 31.2 Å². The zero-order chi connectivity index (χ0) is 13.7. The Labute approximate surface area is 117 Å². The first kappa shape index (κ1) is 14.3. The van der Waals surface area contributed by atoms with Crippen molar-refractivity contribution in [2.24, 2.45) is 5.92 Å². The van der Waals surface area contributed by atoms with E-state index in [-0.39, 0.29) is 0 Å². The van der Waals surface area contributed by atoms with Crippen LogP contribution in [0.1, 0.15) is 45.6 Å². The Morgan fingerprint density at radius 3 is 3.00 bits per heavy atom. The van der Waals surface area contributed by atoms with Crippen LogP contribution >= 0.6 is 0 Å². The minimum absolute atomic E-state index is 0.511. The first-order chi connectivity index (χ1) is 9.16. The van der Waals surface area contributed by atoms with E-state index in [0.29, 0.717) is 6.04 Å². The number of pyridine rings is 1. The van der Waals surface area contributed by atoms with Gasteiger partial charge in [-0.15, -0.1) is 0 Å². The van der Waals surface area contributed by atoms with Crippen LogP contribution in [0.3, 0.4) is 0 Å². The van der Waals surface area contributed by atoms with Crippen molar-refractivity contribution in [3.05, 3.63) is 24.0 Å². The van der Waals surface area contributed by atoms with Gasteiger partial charge in [0, 0.05) is 49.3 Å².